The SMILES string of the molecule is CS(=O)(=O)c1cccc(S(=O)(=O)NC(=O)C2CC2c2ccco2)c1. The smallest absolute Gasteiger partial charge is 0.264 e. The summed E-state index contributed by atoms with van der Waals surface area (Å²) in [7, 11) is -7.68. The number of sulfonamides is 1. The van der Waals surface area contributed by atoms with Crippen molar-refractivity contribution in [1.82, 2.24) is 4.72 Å². The fraction of sp³-hybridized carbons (Fsp3) is 0.267. The lowest BCUT2D eigenvalue weighted by atomic mass is 10.2. The number of hydrogen-bond acceptors (Lipinski definition) is 6. The molecule has 0 aliphatic heterocycles. The Morgan fingerprint density at radius 2 is 1.83 bits per heavy atom. The van der Waals surface area contributed by atoms with Gasteiger partial charge in [-0.3, -0.25) is 4.79 Å². The Balaban J connectivity index is 1.76. The second-order valence-electron chi connectivity index (χ2n) is 5.68. The number of sulfone groups is 1. The molecule has 1 amide bonds. The minimum Gasteiger partial charge on any atom is -0.469 e. The molecule has 1 N–H and O–H groups in total. The number of carbonyl (C=O) groups excluding carboxylic acids is 1. The van der Waals surface area contributed by atoms with Gasteiger partial charge in [-0.1, -0.05) is 6.07 Å². The predicted molar refractivity (Wildman–Crippen MR) is 84.4 cm³/mol. The van der Waals surface area contributed by atoms with Crippen LogP contribution in [0.5, 0.6) is 0 Å². The molecule has 0 spiro atoms. The maximum atomic E-state index is 12.3. The summed E-state index contributed by atoms with van der Waals surface area (Å²) in [6.45, 7) is 0. The van der Waals surface area contributed by atoms with E-state index in [-0.39, 0.29) is 15.7 Å². The van der Waals surface area contributed by atoms with Gasteiger partial charge in [0.05, 0.1) is 16.1 Å². The monoisotopic (exact) mass is 369 g/mol. The van der Waals surface area contributed by atoms with Gasteiger partial charge >= 0.3 is 0 Å². The summed E-state index contributed by atoms with van der Waals surface area (Å²) in [5, 5.41) is 0. The van der Waals surface area contributed by atoms with E-state index in [2.05, 4.69) is 0 Å². The molecule has 2 aromatic rings. The fourth-order valence-electron chi connectivity index (χ4n) is 2.44. The van der Waals surface area contributed by atoms with E-state index in [0.717, 1.165) is 12.3 Å². The van der Waals surface area contributed by atoms with Crippen LogP contribution in [0.15, 0.2) is 56.9 Å². The van der Waals surface area contributed by atoms with Crippen molar-refractivity contribution in [3.63, 3.8) is 0 Å². The third kappa shape index (κ3) is 3.36. The molecule has 1 saturated carbocycles. The third-order valence-electron chi connectivity index (χ3n) is 3.81. The van der Waals surface area contributed by atoms with Gasteiger partial charge in [0.15, 0.2) is 9.84 Å². The molecular formula is C15H15NO6S2. The number of carbonyl (C=O) groups is 1. The van der Waals surface area contributed by atoms with E-state index in [4.69, 9.17) is 4.42 Å². The van der Waals surface area contributed by atoms with Crippen molar-refractivity contribution in [3.05, 3.63) is 48.4 Å². The summed E-state index contributed by atoms with van der Waals surface area (Å²) >= 11 is 0. The lowest BCUT2D eigenvalue weighted by Gasteiger charge is -2.08. The molecule has 1 aromatic carbocycles. The van der Waals surface area contributed by atoms with Crippen LogP contribution >= 0.6 is 0 Å². The van der Waals surface area contributed by atoms with Gasteiger partial charge in [-0.15, -0.1) is 0 Å². The van der Waals surface area contributed by atoms with Gasteiger partial charge in [-0.05, 0) is 36.8 Å². The van der Waals surface area contributed by atoms with Gasteiger partial charge in [0, 0.05) is 18.1 Å². The Labute approximate surface area is 139 Å². The number of amides is 1. The van der Waals surface area contributed by atoms with Crippen LogP contribution in [0.1, 0.15) is 18.1 Å². The summed E-state index contributed by atoms with van der Waals surface area (Å²) < 4.78 is 54.9. The quantitative estimate of drug-likeness (QED) is 0.850. The second-order valence-corrected chi connectivity index (χ2v) is 9.38. The molecule has 1 aliphatic rings. The lowest BCUT2D eigenvalue weighted by Crippen LogP contribution is -2.32. The first kappa shape index (κ1) is 16.7. The average molecular weight is 369 g/mol. The first-order valence-corrected chi connectivity index (χ1v) is 10.5. The van der Waals surface area contributed by atoms with Crippen LogP contribution in [0.3, 0.4) is 0 Å². The van der Waals surface area contributed by atoms with E-state index in [1.165, 1.54) is 24.5 Å². The van der Waals surface area contributed by atoms with E-state index in [0.29, 0.717) is 12.2 Å². The molecule has 2 unspecified atom stereocenters. The molecular weight excluding hydrogens is 354 g/mol. The minimum absolute atomic E-state index is 0.127. The maximum Gasteiger partial charge on any atom is 0.264 e. The van der Waals surface area contributed by atoms with Crippen LogP contribution in [0.25, 0.3) is 0 Å². The number of benzene rings is 1. The zero-order chi connectivity index (χ0) is 17.5. The second kappa shape index (κ2) is 5.75. The van der Waals surface area contributed by atoms with Crippen molar-refractivity contribution in [3.8, 4) is 0 Å². The summed E-state index contributed by atoms with van der Waals surface area (Å²) in [4.78, 5) is 11.7. The Morgan fingerprint density at radius 1 is 1.12 bits per heavy atom. The fourth-order valence-corrected chi connectivity index (χ4v) is 4.26. The average Bonchev–Trinajstić information content (AvgIpc) is 3.12. The van der Waals surface area contributed by atoms with Crippen molar-refractivity contribution in [2.45, 2.75) is 22.1 Å². The summed E-state index contributed by atoms with van der Waals surface area (Å²) in [6, 6.07) is 8.32. The van der Waals surface area contributed by atoms with Gasteiger partial charge in [0.1, 0.15) is 5.76 Å². The highest BCUT2D eigenvalue weighted by molar-refractivity contribution is 7.91. The molecule has 24 heavy (non-hydrogen) atoms. The molecule has 2 atom stereocenters. The summed E-state index contributed by atoms with van der Waals surface area (Å²) in [5.74, 6) is -0.575. The molecule has 1 heterocycles. The largest absolute Gasteiger partial charge is 0.469 e. The molecule has 7 nitrogen and oxygen atoms in total. The molecule has 128 valence electrons. The molecule has 1 fully saturated rings. The van der Waals surface area contributed by atoms with Gasteiger partial charge < -0.3 is 4.42 Å². The van der Waals surface area contributed by atoms with E-state index in [1.807, 2.05) is 4.72 Å². The van der Waals surface area contributed by atoms with Crippen molar-refractivity contribution in [2.75, 3.05) is 6.26 Å². The summed E-state index contributed by atoms with van der Waals surface area (Å²) in [5.41, 5.74) is 0. The highest BCUT2D eigenvalue weighted by atomic mass is 32.2. The van der Waals surface area contributed by atoms with Crippen molar-refractivity contribution in [2.24, 2.45) is 5.92 Å². The van der Waals surface area contributed by atoms with Crippen molar-refractivity contribution >= 4 is 25.8 Å². The molecule has 3 rings (SSSR count). The van der Waals surface area contributed by atoms with E-state index >= 15 is 0 Å². The molecule has 9 heteroatoms. The first-order valence-electron chi connectivity index (χ1n) is 7.09. The number of hydrogen-bond donors (Lipinski definition) is 1. The molecule has 1 aromatic heterocycles. The van der Waals surface area contributed by atoms with Crippen LogP contribution in [-0.2, 0) is 24.7 Å². The summed E-state index contributed by atoms with van der Waals surface area (Å²) in [6.07, 6.45) is 2.99. The zero-order valence-electron chi connectivity index (χ0n) is 12.7. The molecule has 0 radical (unpaired) electrons. The maximum absolute atomic E-state index is 12.3. The van der Waals surface area contributed by atoms with Crippen LogP contribution < -0.4 is 4.72 Å². The van der Waals surface area contributed by atoms with E-state index in [9.17, 15) is 21.6 Å². The first-order chi connectivity index (χ1) is 11.2. The highest BCUT2D eigenvalue weighted by Crippen LogP contribution is 2.47. The zero-order valence-corrected chi connectivity index (χ0v) is 14.3. The molecule has 0 bridgehead atoms. The van der Waals surface area contributed by atoms with Gasteiger partial charge in [-0.2, -0.15) is 0 Å². The van der Waals surface area contributed by atoms with Crippen molar-refractivity contribution in [1.29, 1.82) is 0 Å². The third-order valence-corrected chi connectivity index (χ3v) is 6.27. The van der Waals surface area contributed by atoms with Crippen LogP contribution in [0.2, 0.25) is 0 Å². The highest BCUT2D eigenvalue weighted by Gasteiger charge is 2.46. The standard InChI is InChI=1S/C15H15NO6S2/c1-23(18,19)10-4-2-5-11(8-10)24(20,21)16-15(17)13-9-12(13)14-6-3-7-22-14/h2-8,12-13H,9H2,1H3,(H,16,17). The normalized spacial score (nSPS) is 20.5. The Hall–Kier alpha value is -2.13. The van der Waals surface area contributed by atoms with E-state index < -0.39 is 31.7 Å². The van der Waals surface area contributed by atoms with Crippen LogP contribution in [0.4, 0.5) is 0 Å². The lowest BCUT2D eigenvalue weighted by molar-refractivity contribution is -0.120. The van der Waals surface area contributed by atoms with Gasteiger partial charge in [0.2, 0.25) is 5.91 Å². The van der Waals surface area contributed by atoms with Crippen molar-refractivity contribution < 1.29 is 26.0 Å². The number of rotatable bonds is 5. The Bertz CT molecular complexity index is 977. The number of furan rings is 1. The van der Waals surface area contributed by atoms with Gasteiger partial charge in [0.25, 0.3) is 10.0 Å². The molecule has 1 aliphatic carbocycles. The minimum atomic E-state index is -4.13. The Morgan fingerprint density at radius 3 is 2.46 bits per heavy atom. The Kier molecular flexibility index (Phi) is 4.00. The predicted octanol–water partition coefficient (Wildman–Crippen LogP) is 1.29. The molecule has 0 saturated heterocycles. The van der Waals surface area contributed by atoms with Crippen LogP contribution in [0, 0.1) is 5.92 Å². The van der Waals surface area contributed by atoms with Crippen LogP contribution in [-0.4, -0.2) is 29.0 Å². The number of nitrogens with one attached hydrogen (secondary N) is 1. The topological polar surface area (TPSA) is 111 Å². The van der Waals surface area contributed by atoms with E-state index in [1.54, 1.807) is 12.1 Å². The van der Waals surface area contributed by atoms with Gasteiger partial charge in [-0.25, -0.2) is 21.6 Å².